The lowest BCUT2D eigenvalue weighted by atomic mass is 10.0. The molecule has 0 aliphatic carbocycles. The molecule has 0 amide bonds. The van der Waals surface area contributed by atoms with Crippen LogP contribution in [-0.4, -0.2) is 23.6 Å². The van der Waals surface area contributed by atoms with E-state index in [-0.39, 0.29) is 0 Å². The Balaban J connectivity index is 2.88. The highest BCUT2D eigenvalue weighted by atomic mass is 16.5. The Morgan fingerprint density at radius 3 is 2.58 bits per heavy atom. The van der Waals surface area contributed by atoms with E-state index in [1.807, 2.05) is 19.9 Å². The van der Waals surface area contributed by atoms with Crippen LogP contribution in [0.5, 0.6) is 0 Å². The third-order valence-corrected chi connectivity index (χ3v) is 3.36. The predicted octanol–water partition coefficient (Wildman–Crippen LogP) is 2.80. The lowest BCUT2D eigenvalue weighted by Crippen LogP contribution is -2.28. The number of hydrogen-bond acceptors (Lipinski definition) is 4. The third-order valence-electron chi connectivity index (χ3n) is 3.36. The summed E-state index contributed by atoms with van der Waals surface area (Å²) >= 11 is 0. The molecule has 19 heavy (non-hydrogen) atoms. The van der Waals surface area contributed by atoms with Crippen molar-refractivity contribution in [1.82, 2.24) is 15.3 Å². The average molecular weight is 265 g/mol. The van der Waals surface area contributed by atoms with Crippen LogP contribution < -0.4 is 5.32 Å². The van der Waals surface area contributed by atoms with Crippen molar-refractivity contribution in [2.75, 3.05) is 13.7 Å². The van der Waals surface area contributed by atoms with Crippen LogP contribution in [0.3, 0.4) is 0 Å². The molecule has 0 aromatic carbocycles. The zero-order chi connectivity index (χ0) is 14.5. The van der Waals surface area contributed by atoms with Gasteiger partial charge in [-0.25, -0.2) is 9.97 Å². The van der Waals surface area contributed by atoms with E-state index in [4.69, 9.17) is 4.74 Å². The number of nitrogens with zero attached hydrogens (tertiary/aromatic N) is 2. The average Bonchev–Trinajstić information content (AvgIpc) is 2.36. The standard InChI is InChI=1S/C15H27N3O/c1-7-15(5,19-6)14-17-12(4)8-13(18-14)10-16-9-11(2)3/h8,11,16H,7,9-10H2,1-6H3. The Labute approximate surface area is 117 Å². The van der Waals surface area contributed by atoms with Gasteiger partial charge in [-0.3, -0.25) is 0 Å². The van der Waals surface area contributed by atoms with Gasteiger partial charge in [0, 0.05) is 19.3 Å². The van der Waals surface area contributed by atoms with Crippen molar-refractivity contribution in [2.45, 2.75) is 53.2 Å². The molecular formula is C15H27N3O. The quantitative estimate of drug-likeness (QED) is 0.823. The number of aromatic nitrogens is 2. The van der Waals surface area contributed by atoms with E-state index in [1.54, 1.807) is 7.11 Å². The van der Waals surface area contributed by atoms with E-state index < -0.39 is 5.60 Å². The van der Waals surface area contributed by atoms with Gasteiger partial charge >= 0.3 is 0 Å². The van der Waals surface area contributed by atoms with Crippen LogP contribution >= 0.6 is 0 Å². The Morgan fingerprint density at radius 2 is 2.05 bits per heavy atom. The van der Waals surface area contributed by atoms with E-state index in [0.717, 1.165) is 36.7 Å². The molecule has 1 heterocycles. The molecule has 0 fully saturated rings. The second-order valence-corrected chi connectivity index (χ2v) is 5.64. The monoisotopic (exact) mass is 265 g/mol. The number of methoxy groups -OCH3 is 1. The summed E-state index contributed by atoms with van der Waals surface area (Å²) in [5, 5.41) is 3.41. The molecule has 0 bridgehead atoms. The Morgan fingerprint density at radius 1 is 1.37 bits per heavy atom. The van der Waals surface area contributed by atoms with Crippen LogP contribution in [-0.2, 0) is 16.9 Å². The van der Waals surface area contributed by atoms with E-state index >= 15 is 0 Å². The van der Waals surface area contributed by atoms with Crippen LogP contribution in [0.25, 0.3) is 0 Å². The molecule has 1 N–H and O–H groups in total. The van der Waals surface area contributed by atoms with Crippen molar-refractivity contribution in [2.24, 2.45) is 5.92 Å². The lowest BCUT2D eigenvalue weighted by Gasteiger charge is -2.25. The van der Waals surface area contributed by atoms with E-state index in [9.17, 15) is 0 Å². The number of hydrogen-bond donors (Lipinski definition) is 1. The molecule has 0 spiro atoms. The highest BCUT2D eigenvalue weighted by Gasteiger charge is 2.27. The first-order valence-electron chi connectivity index (χ1n) is 7.02. The molecule has 0 saturated heterocycles. The van der Waals surface area contributed by atoms with Gasteiger partial charge in [-0.2, -0.15) is 0 Å². The molecule has 1 rings (SSSR count). The van der Waals surface area contributed by atoms with Gasteiger partial charge in [0.15, 0.2) is 5.82 Å². The van der Waals surface area contributed by atoms with Crippen molar-refractivity contribution in [3.8, 4) is 0 Å². The largest absolute Gasteiger partial charge is 0.371 e. The minimum absolute atomic E-state index is 0.404. The van der Waals surface area contributed by atoms with Crippen LogP contribution in [0.2, 0.25) is 0 Å². The molecule has 108 valence electrons. The fraction of sp³-hybridized carbons (Fsp3) is 0.733. The Hall–Kier alpha value is -1.00. The highest BCUT2D eigenvalue weighted by molar-refractivity contribution is 5.13. The summed E-state index contributed by atoms with van der Waals surface area (Å²) in [6.07, 6.45) is 0.853. The second-order valence-electron chi connectivity index (χ2n) is 5.64. The number of aryl methyl sites for hydroxylation is 1. The summed E-state index contributed by atoms with van der Waals surface area (Å²) in [6, 6.07) is 2.03. The molecule has 0 saturated carbocycles. The molecule has 1 atom stereocenters. The minimum atomic E-state index is -0.404. The van der Waals surface area contributed by atoms with E-state index in [0.29, 0.717) is 5.92 Å². The Kier molecular flexibility index (Phi) is 5.88. The maximum absolute atomic E-state index is 5.58. The fourth-order valence-corrected chi connectivity index (χ4v) is 1.84. The van der Waals surface area contributed by atoms with Gasteiger partial charge in [-0.1, -0.05) is 20.8 Å². The topological polar surface area (TPSA) is 47.0 Å². The predicted molar refractivity (Wildman–Crippen MR) is 78.0 cm³/mol. The molecule has 1 aromatic rings. The first-order chi connectivity index (χ1) is 8.91. The summed E-state index contributed by atoms with van der Waals surface area (Å²) in [6.45, 7) is 12.3. The zero-order valence-corrected chi connectivity index (χ0v) is 13.1. The zero-order valence-electron chi connectivity index (χ0n) is 13.1. The molecule has 4 heteroatoms. The van der Waals surface area contributed by atoms with Gasteiger partial charge in [0.05, 0.1) is 5.69 Å². The minimum Gasteiger partial charge on any atom is -0.371 e. The molecule has 1 aromatic heterocycles. The summed E-state index contributed by atoms with van der Waals surface area (Å²) < 4.78 is 5.58. The summed E-state index contributed by atoms with van der Waals surface area (Å²) in [5.74, 6) is 1.42. The first-order valence-corrected chi connectivity index (χ1v) is 7.02. The molecular weight excluding hydrogens is 238 g/mol. The van der Waals surface area contributed by atoms with Crippen LogP contribution in [0.1, 0.15) is 51.3 Å². The lowest BCUT2D eigenvalue weighted by molar-refractivity contribution is -0.00930. The number of rotatable bonds is 7. The van der Waals surface area contributed by atoms with Crippen molar-refractivity contribution in [3.05, 3.63) is 23.3 Å². The SMILES string of the molecule is CCC(C)(OC)c1nc(C)cc(CNCC(C)C)n1. The molecule has 1 unspecified atom stereocenters. The Bertz CT molecular complexity index is 400. The van der Waals surface area contributed by atoms with Gasteiger partial charge < -0.3 is 10.1 Å². The fourth-order valence-electron chi connectivity index (χ4n) is 1.84. The maximum Gasteiger partial charge on any atom is 0.160 e. The molecule has 4 nitrogen and oxygen atoms in total. The first kappa shape index (κ1) is 16.1. The van der Waals surface area contributed by atoms with E-state index in [1.165, 1.54) is 0 Å². The van der Waals surface area contributed by atoms with Crippen molar-refractivity contribution < 1.29 is 4.74 Å². The summed E-state index contributed by atoms with van der Waals surface area (Å²) in [5.41, 5.74) is 1.61. The molecule has 0 aliphatic heterocycles. The van der Waals surface area contributed by atoms with Crippen LogP contribution in [0, 0.1) is 12.8 Å². The van der Waals surface area contributed by atoms with Crippen molar-refractivity contribution in [3.63, 3.8) is 0 Å². The van der Waals surface area contributed by atoms with E-state index in [2.05, 4.69) is 36.1 Å². The van der Waals surface area contributed by atoms with Gasteiger partial charge in [0.25, 0.3) is 0 Å². The highest BCUT2D eigenvalue weighted by Crippen LogP contribution is 2.25. The second kappa shape index (κ2) is 6.96. The smallest absolute Gasteiger partial charge is 0.160 e. The van der Waals surface area contributed by atoms with Gasteiger partial charge in [0.1, 0.15) is 5.60 Å². The number of ether oxygens (including phenoxy) is 1. The molecule has 0 aliphatic rings. The molecule has 0 radical (unpaired) electrons. The van der Waals surface area contributed by atoms with Gasteiger partial charge in [-0.15, -0.1) is 0 Å². The van der Waals surface area contributed by atoms with Crippen molar-refractivity contribution >= 4 is 0 Å². The third kappa shape index (κ3) is 4.55. The summed E-state index contributed by atoms with van der Waals surface area (Å²) in [4.78, 5) is 9.17. The normalized spacial score (nSPS) is 14.7. The maximum atomic E-state index is 5.58. The summed E-state index contributed by atoms with van der Waals surface area (Å²) in [7, 11) is 1.71. The van der Waals surface area contributed by atoms with Crippen molar-refractivity contribution in [1.29, 1.82) is 0 Å². The van der Waals surface area contributed by atoms with Gasteiger partial charge in [0.2, 0.25) is 0 Å². The number of nitrogens with one attached hydrogen (secondary N) is 1. The van der Waals surface area contributed by atoms with Gasteiger partial charge in [-0.05, 0) is 38.8 Å². The van der Waals surface area contributed by atoms with Crippen LogP contribution in [0.15, 0.2) is 6.07 Å². The van der Waals surface area contributed by atoms with Crippen LogP contribution in [0.4, 0.5) is 0 Å².